The number of hydrogen-bond donors (Lipinski definition) is 1. The molecule has 0 saturated carbocycles. The zero-order valence-electron chi connectivity index (χ0n) is 10.7. The van der Waals surface area contributed by atoms with E-state index in [1.165, 1.54) is 0 Å². The van der Waals surface area contributed by atoms with Crippen molar-refractivity contribution in [2.45, 2.75) is 33.7 Å². The molecule has 90 valence electrons. The van der Waals surface area contributed by atoms with Gasteiger partial charge in [0.1, 0.15) is 0 Å². The van der Waals surface area contributed by atoms with Crippen molar-refractivity contribution in [2.24, 2.45) is 5.41 Å². The number of methoxy groups -OCH3 is 1. The van der Waals surface area contributed by atoms with Crippen molar-refractivity contribution < 1.29 is 4.74 Å². The molecule has 1 aromatic rings. The third-order valence-corrected chi connectivity index (χ3v) is 2.41. The molecule has 0 bridgehead atoms. The standard InChI is InChI=1S/C13H22N2O/c1-13(2,3)7-9-14-10-11-6-5-8-15-12(11)16-4/h5-6,8,14H,7,9-10H2,1-4H3. The van der Waals surface area contributed by atoms with Gasteiger partial charge >= 0.3 is 0 Å². The normalized spacial score (nSPS) is 11.5. The summed E-state index contributed by atoms with van der Waals surface area (Å²) in [5.74, 6) is 0.714. The highest BCUT2D eigenvalue weighted by Gasteiger charge is 2.09. The molecule has 0 amide bonds. The number of hydrogen-bond acceptors (Lipinski definition) is 3. The molecule has 0 unspecified atom stereocenters. The SMILES string of the molecule is COc1ncccc1CNCCC(C)(C)C. The summed E-state index contributed by atoms with van der Waals surface area (Å²) in [5, 5.41) is 3.41. The minimum atomic E-state index is 0.381. The summed E-state index contributed by atoms with van der Waals surface area (Å²) in [6.45, 7) is 8.58. The maximum absolute atomic E-state index is 5.19. The molecule has 0 aromatic carbocycles. The molecule has 16 heavy (non-hydrogen) atoms. The predicted octanol–water partition coefficient (Wildman–Crippen LogP) is 2.62. The molecule has 0 atom stereocenters. The van der Waals surface area contributed by atoms with Crippen LogP contribution in [0.15, 0.2) is 18.3 Å². The van der Waals surface area contributed by atoms with Gasteiger partial charge in [-0.05, 0) is 24.4 Å². The van der Waals surface area contributed by atoms with Gasteiger partial charge in [-0.1, -0.05) is 26.8 Å². The topological polar surface area (TPSA) is 34.1 Å². The third-order valence-electron chi connectivity index (χ3n) is 2.41. The average molecular weight is 222 g/mol. The number of ether oxygens (including phenoxy) is 1. The van der Waals surface area contributed by atoms with Crippen LogP contribution in [0.25, 0.3) is 0 Å². The smallest absolute Gasteiger partial charge is 0.217 e. The maximum atomic E-state index is 5.19. The molecular weight excluding hydrogens is 200 g/mol. The van der Waals surface area contributed by atoms with Crippen LogP contribution >= 0.6 is 0 Å². The van der Waals surface area contributed by atoms with Gasteiger partial charge in [0.15, 0.2) is 0 Å². The lowest BCUT2D eigenvalue weighted by molar-refractivity contribution is 0.363. The monoisotopic (exact) mass is 222 g/mol. The van der Waals surface area contributed by atoms with E-state index in [1.807, 2.05) is 12.1 Å². The Morgan fingerprint density at radius 1 is 1.38 bits per heavy atom. The quantitative estimate of drug-likeness (QED) is 0.778. The van der Waals surface area contributed by atoms with Gasteiger partial charge in [-0.3, -0.25) is 0 Å². The molecule has 0 aliphatic rings. The van der Waals surface area contributed by atoms with Gasteiger partial charge < -0.3 is 10.1 Å². The Morgan fingerprint density at radius 2 is 2.12 bits per heavy atom. The van der Waals surface area contributed by atoms with E-state index in [-0.39, 0.29) is 0 Å². The minimum Gasteiger partial charge on any atom is -0.481 e. The fourth-order valence-electron chi connectivity index (χ4n) is 1.43. The minimum absolute atomic E-state index is 0.381. The number of rotatable bonds is 5. The Bertz CT molecular complexity index is 318. The molecule has 1 heterocycles. The van der Waals surface area contributed by atoms with Gasteiger partial charge in [-0.15, -0.1) is 0 Å². The van der Waals surface area contributed by atoms with Crippen LogP contribution in [0.2, 0.25) is 0 Å². The molecule has 1 N–H and O–H groups in total. The summed E-state index contributed by atoms with van der Waals surface area (Å²) in [4.78, 5) is 4.16. The Kier molecular flexibility index (Phi) is 4.74. The van der Waals surface area contributed by atoms with Crippen molar-refractivity contribution in [2.75, 3.05) is 13.7 Å². The molecular formula is C13H22N2O. The van der Waals surface area contributed by atoms with Gasteiger partial charge in [-0.25, -0.2) is 4.98 Å². The van der Waals surface area contributed by atoms with Crippen molar-refractivity contribution in [3.8, 4) is 5.88 Å². The lowest BCUT2D eigenvalue weighted by Crippen LogP contribution is -2.20. The number of aromatic nitrogens is 1. The first-order valence-electron chi connectivity index (χ1n) is 5.71. The van der Waals surface area contributed by atoms with Crippen molar-refractivity contribution in [3.05, 3.63) is 23.9 Å². The van der Waals surface area contributed by atoms with Crippen LogP contribution in [-0.4, -0.2) is 18.6 Å². The van der Waals surface area contributed by atoms with Crippen LogP contribution in [-0.2, 0) is 6.54 Å². The largest absolute Gasteiger partial charge is 0.481 e. The zero-order valence-corrected chi connectivity index (χ0v) is 10.7. The second kappa shape index (κ2) is 5.85. The number of pyridine rings is 1. The molecule has 0 fully saturated rings. The number of nitrogens with one attached hydrogen (secondary N) is 1. The van der Waals surface area contributed by atoms with E-state index < -0.39 is 0 Å². The first-order valence-corrected chi connectivity index (χ1v) is 5.71. The predicted molar refractivity (Wildman–Crippen MR) is 66.6 cm³/mol. The van der Waals surface area contributed by atoms with Gasteiger partial charge in [0.25, 0.3) is 0 Å². The van der Waals surface area contributed by atoms with Gasteiger partial charge in [0.2, 0.25) is 5.88 Å². The molecule has 0 spiro atoms. The average Bonchev–Trinajstić information content (AvgIpc) is 2.23. The Morgan fingerprint density at radius 3 is 2.75 bits per heavy atom. The van der Waals surface area contributed by atoms with Crippen LogP contribution in [0.1, 0.15) is 32.8 Å². The summed E-state index contributed by atoms with van der Waals surface area (Å²) in [6, 6.07) is 3.97. The van der Waals surface area contributed by atoms with E-state index >= 15 is 0 Å². The highest BCUT2D eigenvalue weighted by atomic mass is 16.5. The second-order valence-corrected chi connectivity index (χ2v) is 5.16. The molecule has 0 aliphatic heterocycles. The summed E-state index contributed by atoms with van der Waals surface area (Å²) in [6.07, 6.45) is 2.91. The van der Waals surface area contributed by atoms with Crippen molar-refractivity contribution in [1.29, 1.82) is 0 Å². The van der Waals surface area contributed by atoms with E-state index in [0.717, 1.165) is 25.1 Å². The van der Waals surface area contributed by atoms with E-state index in [9.17, 15) is 0 Å². The van der Waals surface area contributed by atoms with Gasteiger partial charge in [0.05, 0.1) is 7.11 Å². The van der Waals surface area contributed by atoms with Crippen LogP contribution in [0, 0.1) is 5.41 Å². The molecule has 3 nitrogen and oxygen atoms in total. The van der Waals surface area contributed by atoms with Crippen molar-refractivity contribution in [3.63, 3.8) is 0 Å². The lowest BCUT2D eigenvalue weighted by atomic mass is 9.92. The summed E-state index contributed by atoms with van der Waals surface area (Å²) >= 11 is 0. The molecule has 0 saturated heterocycles. The second-order valence-electron chi connectivity index (χ2n) is 5.16. The van der Waals surface area contributed by atoms with Gasteiger partial charge in [0, 0.05) is 18.3 Å². The molecule has 1 rings (SSSR count). The first kappa shape index (κ1) is 13.0. The van der Waals surface area contributed by atoms with Crippen molar-refractivity contribution >= 4 is 0 Å². The maximum Gasteiger partial charge on any atom is 0.217 e. The van der Waals surface area contributed by atoms with Crippen molar-refractivity contribution in [1.82, 2.24) is 10.3 Å². The van der Waals surface area contributed by atoms with Crippen LogP contribution in [0.5, 0.6) is 5.88 Å². The van der Waals surface area contributed by atoms with Crippen LogP contribution in [0.4, 0.5) is 0 Å². The molecule has 3 heteroatoms. The highest BCUT2D eigenvalue weighted by molar-refractivity contribution is 5.24. The van der Waals surface area contributed by atoms with E-state index in [1.54, 1.807) is 13.3 Å². The highest BCUT2D eigenvalue weighted by Crippen LogP contribution is 2.17. The fraction of sp³-hybridized carbons (Fsp3) is 0.615. The Balaban J connectivity index is 2.37. The Hall–Kier alpha value is -1.09. The van der Waals surface area contributed by atoms with E-state index in [4.69, 9.17) is 4.74 Å². The molecule has 0 radical (unpaired) electrons. The molecule has 1 aromatic heterocycles. The van der Waals surface area contributed by atoms with E-state index in [0.29, 0.717) is 11.3 Å². The Labute approximate surface area is 98.2 Å². The lowest BCUT2D eigenvalue weighted by Gasteiger charge is -2.18. The molecule has 0 aliphatic carbocycles. The van der Waals surface area contributed by atoms with Crippen LogP contribution in [0.3, 0.4) is 0 Å². The summed E-state index contributed by atoms with van der Waals surface area (Å²) < 4.78 is 5.19. The van der Waals surface area contributed by atoms with E-state index in [2.05, 4.69) is 31.1 Å². The van der Waals surface area contributed by atoms with Gasteiger partial charge in [-0.2, -0.15) is 0 Å². The fourth-order valence-corrected chi connectivity index (χ4v) is 1.43. The number of nitrogens with zero attached hydrogens (tertiary/aromatic N) is 1. The van der Waals surface area contributed by atoms with Crippen LogP contribution < -0.4 is 10.1 Å². The first-order chi connectivity index (χ1) is 7.53. The summed E-state index contributed by atoms with van der Waals surface area (Å²) in [5.41, 5.74) is 1.49. The zero-order chi connectivity index (χ0) is 12.0. The summed E-state index contributed by atoms with van der Waals surface area (Å²) in [7, 11) is 1.65. The third kappa shape index (κ3) is 4.62.